The molecule has 0 aromatic heterocycles. The molecule has 1 aliphatic carbocycles. The monoisotopic (exact) mass is 283 g/mol. The number of hydrogen-bond donors (Lipinski definition) is 4. The molecule has 108 valence electrons. The highest BCUT2D eigenvalue weighted by molar-refractivity contribution is 5.88. The summed E-state index contributed by atoms with van der Waals surface area (Å²) in [6, 6.07) is 9.86. The standard InChI is InChI=1S/C16H17N3O2/c20-16(21)14-15(17-10-11-6-2-1-3-7-11)19-13-9-5-4-8-12(13)18-14/h1-3,6-9,17-19H,4-5,10H2,(H,20,21). The molecule has 21 heavy (non-hydrogen) atoms. The van der Waals surface area contributed by atoms with Crippen LogP contribution in [0.5, 0.6) is 0 Å². The van der Waals surface area contributed by atoms with Crippen LogP contribution in [0.1, 0.15) is 18.4 Å². The Morgan fingerprint density at radius 1 is 1.10 bits per heavy atom. The van der Waals surface area contributed by atoms with Crippen molar-refractivity contribution >= 4 is 5.97 Å². The molecule has 1 aromatic rings. The molecule has 2 aliphatic rings. The van der Waals surface area contributed by atoms with E-state index in [4.69, 9.17) is 0 Å². The summed E-state index contributed by atoms with van der Waals surface area (Å²) in [6.45, 7) is 0.563. The first-order valence-corrected chi connectivity index (χ1v) is 6.94. The molecule has 0 fully saturated rings. The molecule has 0 unspecified atom stereocenters. The van der Waals surface area contributed by atoms with Crippen LogP contribution in [0.3, 0.4) is 0 Å². The fraction of sp³-hybridized carbons (Fsp3) is 0.188. The largest absolute Gasteiger partial charge is 0.476 e. The summed E-state index contributed by atoms with van der Waals surface area (Å²) >= 11 is 0. The maximum Gasteiger partial charge on any atom is 0.356 e. The van der Waals surface area contributed by atoms with Crippen molar-refractivity contribution in [2.75, 3.05) is 0 Å². The second-order valence-electron chi connectivity index (χ2n) is 4.96. The van der Waals surface area contributed by atoms with Gasteiger partial charge in [0.1, 0.15) is 5.82 Å². The minimum atomic E-state index is -0.983. The molecule has 1 heterocycles. The lowest BCUT2D eigenvalue weighted by atomic mass is 10.1. The van der Waals surface area contributed by atoms with E-state index >= 15 is 0 Å². The molecular formula is C16H17N3O2. The molecule has 0 spiro atoms. The summed E-state index contributed by atoms with van der Waals surface area (Å²) < 4.78 is 0. The van der Waals surface area contributed by atoms with Crippen LogP contribution in [0, 0.1) is 0 Å². The maximum atomic E-state index is 11.4. The Kier molecular flexibility index (Phi) is 3.64. The molecule has 0 saturated heterocycles. The molecule has 0 atom stereocenters. The van der Waals surface area contributed by atoms with Gasteiger partial charge in [0.15, 0.2) is 5.70 Å². The SMILES string of the molecule is O=C(O)C1=C(NCc2ccccc2)NC2=CCCC=C2N1. The molecule has 0 bridgehead atoms. The van der Waals surface area contributed by atoms with Crippen LogP contribution in [0.25, 0.3) is 0 Å². The lowest BCUT2D eigenvalue weighted by Crippen LogP contribution is -2.41. The molecule has 1 aliphatic heterocycles. The van der Waals surface area contributed by atoms with Gasteiger partial charge in [0.2, 0.25) is 0 Å². The fourth-order valence-electron chi connectivity index (χ4n) is 2.39. The van der Waals surface area contributed by atoms with Gasteiger partial charge in [-0.3, -0.25) is 0 Å². The summed E-state index contributed by atoms with van der Waals surface area (Å²) in [5, 5.41) is 18.7. The van der Waals surface area contributed by atoms with Crippen LogP contribution >= 0.6 is 0 Å². The number of fused-ring (bicyclic) bond motifs is 1. The van der Waals surface area contributed by atoms with E-state index in [9.17, 15) is 9.90 Å². The first-order valence-electron chi connectivity index (χ1n) is 6.94. The first kappa shape index (κ1) is 13.3. The molecule has 1 aromatic carbocycles. The number of carboxylic acid groups (broad SMARTS) is 1. The van der Waals surface area contributed by atoms with E-state index < -0.39 is 5.97 Å². The number of hydrogen-bond acceptors (Lipinski definition) is 4. The van der Waals surface area contributed by atoms with Gasteiger partial charge in [-0.25, -0.2) is 4.79 Å². The van der Waals surface area contributed by atoms with Gasteiger partial charge in [0.05, 0.1) is 11.4 Å². The zero-order valence-corrected chi connectivity index (χ0v) is 11.5. The second kappa shape index (κ2) is 5.75. The second-order valence-corrected chi connectivity index (χ2v) is 4.96. The van der Waals surface area contributed by atoms with Gasteiger partial charge in [0.25, 0.3) is 0 Å². The Balaban J connectivity index is 1.81. The lowest BCUT2D eigenvalue weighted by Gasteiger charge is -2.28. The highest BCUT2D eigenvalue weighted by Crippen LogP contribution is 2.21. The van der Waals surface area contributed by atoms with Gasteiger partial charge >= 0.3 is 5.97 Å². The van der Waals surface area contributed by atoms with Crippen LogP contribution < -0.4 is 16.0 Å². The van der Waals surface area contributed by atoms with Crippen molar-refractivity contribution in [1.29, 1.82) is 0 Å². The van der Waals surface area contributed by atoms with E-state index in [1.807, 2.05) is 36.4 Å². The molecular weight excluding hydrogens is 266 g/mol. The Bertz CT molecular complexity index is 645. The smallest absolute Gasteiger partial charge is 0.356 e. The van der Waals surface area contributed by atoms with Crippen molar-refractivity contribution in [3.8, 4) is 0 Å². The number of benzene rings is 1. The van der Waals surface area contributed by atoms with Crippen molar-refractivity contribution in [3.63, 3.8) is 0 Å². The van der Waals surface area contributed by atoms with E-state index in [2.05, 4.69) is 22.0 Å². The van der Waals surface area contributed by atoms with Gasteiger partial charge in [-0.15, -0.1) is 0 Å². The van der Waals surface area contributed by atoms with E-state index in [-0.39, 0.29) is 5.70 Å². The fourth-order valence-corrected chi connectivity index (χ4v) is 2.39. The van der Waals surface area contributed by atoms with Crippen molar-refractivity contribution in [1.82, 2.24) is 16.0 Å². The maximum absolute atomic E-state index is 11.4. The van der Waals surface area contributed by atoms with Crippen molar-refractivity contribution in [2.45, 2.75) is 19.4 Å². The average molecular weight is 283 g/mol. The minimum Gasteiger partial charge on any atom is -0.476 e. The molecule has 0 saturated carbocycles. The number of carbonyl (C=O) groups is 1. The molecule has 5 nitrogen and oxygen atoms in total. The quantitative estimate of drug-likeness (QED) is 0.678. The predicted molar refractivity (Wildman–Crippen MR) is 79.6 cm³/mol. The van der Waals surface area contributed by atoms with Gasteiger partial charge < -0.3 is 21.1 Å². The Hall–Kier alpha value is -2.69. The first-order chi connectivity index (χ1) is 10.2. The van der Waals surface area contributed by atoms with E-state index in [0.29, 0.717) is 12.4 Å². The van der Waals surface area contributed by atoms with Crippen molar-refractivity contribution in [3.05, 3.63) is 71.0 Å². The number of carboxylic acids is 1. The zero-order valence-electron chi connectivity index (χ0n) is 11.5. The Morgan fingerprint density at radius 2 is 1.76 bits per heavy atom. The lowest BCUT2D eigenvalue weighted by molar-refractivity contribution is -0.133. The predicted octanol–water partition coefficient (Wildman–Crippen LogP) is 1.78. The Morgan fingerprint density at radius 3 is 2.43 bits per heavy atom. The van der Waals surface area contributed by atoms with Crippen LogP contribution in [0.4, 0.5) is 0 Å². The van der Waals surface area contributed by atoms with Crippen molar-refractivity contribution < 1.29 is 9.90 Å². The summed E-state index contributed by atoms with van der Waals surface area (Å²) in [5.41, 5.74) is 3.01. The average Bonchev–Trinajstić information content (AvgIpc) is 2.53. The number of aliphatic carboxylic acids is 1. The Labute approximate surface area is 123 Å². The van der Waals surface area contributed by atoms with Crippen LogP contribution in [-0.2, 0) is 11.3 Å². The van der Waals surface area contributed by atoms with Crippen LogP contribution in [0.2, 0.25) is 0 Å². The zero-order chi connectivity index (χ0) is 14.7. The molecule has 0 radical (unpaired) electrons. The van der Waals surface area contributed by atoms with Crippen LogP contribution in [-0.4, -0.2) is 11.1 Å². The molecule has 4 N–H and O–H groups in total. The van der Waals surface area contributed by atoms with Gasteiger partial charge in [-0.05, 0) is 18.4 Å². The highest BCUT2D eigenvalue weighted by Gasteiger charge is 2.24. The topological polar surface area (TPSA) is 73.4 Å². The molecule has 3 rings (SSSR count). The number of rotatable bonds is 4. The van der Waals surface area contributed by atoms with Gasteiger partial charge in [-0.1, -0.05) is 42.5 Å². The molecule has 5 heteroatoms. The third-order valence-corrected chi connectivity index (χ3v) is 3.45. The van der Waals surface area contributed by atoms with Crippen molar-refractivity contribution in [2.24, 2.45) is 0 Å². The minimum absolute atomic E-state index is 0.149. The van der Waals surface area contributed by atoms with Gasteiger partial charge in [-0.2, -0.15) is 0 Å². The van der Waals surface area contributed by atoms with E-state index in [1.165, 1.54) is 0 Å². The summed E-state index contributed by atoms with van der Waals surface area (Å²) in [5.74, 6) is -0.486. The summed E-state index contributed by atoms with van der Waals surface area (Å²) in [6.07, 6.45) is 5.97. The summed E-state index contributed by atoms with van der Waals surface area (Å²) in [4.78, 5) is 11.4. The van der Waals surface area contributed by atoms with E-state index in [1.54, 1.807) is 0 Å². The van der Waals surface area contributed by atoms with Gasteiger partial charge in [0, 0.05) is 6.54 Å². The van der Waals surface area contributed by atoms with Crippen LogP contribution in [0.15, 0.2) is 65.4 Å². The third-order valence-electron chi connectivity index (χ3n) is 3.45. The number of nitrogens with one attached hydrogen (secondary N) is 3. The highest BCUT2D eigenvalue weighted by atomic mass is 16.4. The molecule has 0 amide bonds. The third kappa shape index (κ3) is 2.91. The number of allylic oxidation sites excluding steroid dienone is 2. The summed E-state index contributed by atoms with van der Waals surface area (Å²) in [7, 11) is 0. The van der Waals surface area contributed by atoms with E-state index in [0.717, 1.165) is 29.8 Å². The normalized spacial score (nSPS) is 17.0.